The van der Waals surface area contributed by atoms with E-state index in [4.69, 9.17) is 0 Å². The van der Waals surface area contributed by atoms with Crippen molar-refractivity contribution < 1.29 is 0 Å². The molecule has 1 aromatic heterocycles. The van der Waals surface area contributed by atoms with Gasteiger partial charge in [-0.3, -0.25) is 0 Å². The second-order valence-corrected chi connectivity index (χ2v) is 5.73. The Labute approximate surface area is 104 Å². The fourth-order valence-electron chi connectivity index (χ4n) is 3.57. The molecule has 0 radical (unpaired) electrons. The molecular formula is C14H23N3. The van der Waals surface area contributed by atoms with E-state index in [9.17, 15) is 0 Å². The Balaban J connectivity index is 1.51. The largest absolute Gasteiger partial charge is 0.338 e. The standard InChI is InChI=1S/C14H23N3/c1-17-10-9-15-14(17)8-7-12-6-5-11-3-2-4-13(11)16-12/h9-13,16H,2-8H2,1H3. The number of hydrogen-bond donors (Lipinski definition) is 1. The van der Waals surface area contributed by atoms with Crippen LogP contribution in [0.2, 0.25) is 0 Å². The molecule has 1 saturated carbocycles. The van der Waals surface area contributed by atoms with Crippen LogP contribution in [-0.2, 0) is 13.5 Å². The molecule has 0 amide bonds. The molecule has 3 unspecified atom stereocenters. The predicted molar refractivity (Wildman–Crippen MR) is 68.8 cm³/mol. The first-order chi connectivity index (χ1) is 8.33. The second kappa shape index (κ2) is 4.81. The fraction of sp³-hybridized carbons (Fsp3) is 0.786. The van der Waals surface area contributed by atoms with Gasteiger partial charge in [0.2, 0.25) is 0 Å². The molecule has 1 aliphatic carbocycles. The van der Waals surface area contributed by atoms with E-state index in [2.05, 4.69) is 21.9 Å². The fourth-order valence-corrected chi connectivity index (χ4v) is 3.57. The Morgan fingerprint density at radius 1 is 1.35 bits per heavy atom. The molecule has 1 saturated heterocycles. The number of hydrogen-bond acceptors (Lipinski definition) is 2. The number of aromatic nitrogens is 2. The van der Waals surface area contributed by atoms with Gasteiger partial charge in [-0.25, -0.2) is 4.98 Å². The summed E-state index contributed by atoms with van der Waals surface area (Å²) >= 11 is 0. The zero-order valence-electron chi connectivity index (χ0n) is 10.7. The highest BCUT2D eigenvalue weighted by Gasteiger charge is 2.32. The van der Waals surface area contributed by atoms with Crippen LogP contribution < -0.4 is 5.32 Å². The van der Waals surface area contributed by atoms with Gasteiger partial charge in [0.1, 0.15) is 5.82 Å². The van der Waals surface area contributed by atoms with E-state index in [1.54, 1.807) is 0 Å². The smallest absolute Gasteiger partial charge is 0.108 e. The Hall–Kier alpha value is -0.830. The van der Waals surface area contributed by atoms with E-state index < -0.39 is 0 Å². The average molecular weight is 233 g/mol. The molecule has 1 N–H and O–H groups in total. The summed E-state index contributed by atoms with van der Waals surface area (Å²) in [6, 6.07) is 1.56. The number of aryl methyl sites for hydroxylation is 2. The lowest BCUT2D eigenvalue weighted by Gasteiger charge is -2.33. The molecule has 17 heavy (non-hydrogen) atoms. The molecule has 0 spiro atoms. The van der Waals surface area contributed by atoms with Gasteiger partial charge < -0.3 is 9.88 Å². The van der Waals surface area contributed by atoms with Gasteiger partial charge in [-0.05, 0) is 38.0 Å². The third-order valence-corrected chi connectivity index (χ3v) is 4.63. The van der Waals surface area contributed by atoms with Crippen LogP contribution in [0.15, 0.2) is 12.4 Å². The first kappa shape index (κ1) is 11.3. The maximum atomic E-state index is 4.40. The molecule has 2 heterocycles. The topological polar surface area (TPSA) is 29.9 Å². The number of imidazole rings is 1. The average Bonchev–Trinajstić information content (AvgIpc) is 2.94. The maximum Gasteiger partial charge on any atom is 0.108 e. The van der Waals surface area contributed by atoms with Crippen LogP contribution >= 0.6 is 0 Å². The van der Waals surface area contributed by atoms with Crippen molar-refractivity contribution >= 4 is 0 Å². The maximum absolute atomic E-state index is 4.40. The van der Waals surface area contributed by atoms with Crippen molar-refractivity contribution in [3.05, 3.63) is 18.2 Å². The Morgan fingerprint density at radius 2 is 2.29 bits per heavy atom. The molecule has 0 aromatic carbocycles. The number of rotatable bonds is 3. The lowest BCUT2D eigenvalue weighted by Crippen LogP contribution is -2.45. The van der Waals surface area contributed by atoms with Crippen LogP contribution in [0, 0.1) is 5.92 Å². The van der Waals surface area contributed by atoms with Crippen molar-refractivity contribution in [1.29, 1.82) is 0 Å². The van der Waals surface area contributed by atoms with Crippen LogP contribution in [0.1, 0.15) is 44.3 Å². The van der Waals surface area contributed by atoms with Crippen LogP contribution in [0.3, 0.4) is 0 Å². The molecule has 0 bridgehead atoms. The van der Waals surface area contributed by atoms with Gasteiger partial charge in [0.05, 0.1) is 0 Å². The number of nitrogens with zero attached hydrogens (tertiary/aromatic N) is 2. The first-order valence-electron chi connectivity index (χ1n) is 7.05. The quantitative estimate of drug-likeness (QED) is 0.868. The van der Waals surface area contributed by atoms with E-state index in [0.717, 1.165) is 24.4 Å². The number of fused-ring (bicyclic) bond motifs is 1. The van der Waals surface area contributed by atoms with E-state index in [1.165, 1.54) is 44.3 Å². The normalized spacial score (nSPS) is 32.6. The minimum Gasteiger partial charge on any atom is -0.338 e. The summed E-state index contributed by atoms with van der Waals surface area (Å²) in [4.78, 5) is 4.40. The second-order valence-electron chi connectivity index (χ2n) is 5.73. The molecule has 1 aliphatic heterocycles. The molecule has 1 aromatic rings. The van der Waals surface area contributed by atoms with Crippen molar-refractivity contribution in [1.82, 2.24) is 14.9 Å². The monoisotopic (exact) mass is 233 g/mol. The van der Waals surface area contributed by atoms with Gasteiger partial charge in [0, 0.05) is 37.9 Å². The van der Waals surface area contributed by atoms with E-state index >= 15 is 0 Å². The Bertz CT molecular complexity index is 371. The lowest BCUT2D eigenvalue weighted by atomic mass is 9.88. The van der Waals surface area contributed by atoms with Gasteiger partial charge in [0.15, 0.2) is 0 Å². The summed E-state index contributed by atoms with van der Waals surface area (Å²) in [7, 11) is 2.09. The first-order valence-corrected chi connectivity index (χ1v) is 7.05. The van der Waals surface area contributed by atoms with E-state index in [1.807, 2.05) is 12.4 Å². The van der Waals surface area contributed by atoms with Gasteiger partial charge in [-0.15, -0.1) is 0 Å². The Kier molecular flexibility index (Phi) is 3.19. The minimum absolute atomic E-state index is 0.728. The highest BCUT2D eigenvalue weighted by molar-refractivity contribution is 4.95. The molecular weight excluding hydrogens is 210 g/mol. The summed E-state index contributed by atoms with van der Waals surface area (Å²) in [5, 5.41) is 3.86. The van der Waals surface area contributed by atoms with Crippen LogP contribution in [-0.4, -0.2) is 21.6 Å². The van der Waals surface area contributed by atoms with Crippen LogP contribution in [0.4, 0.5) is 0 Å². The molecule has 3 rings (SSSR count). The van der Waals surface area contributed by atoms with Crippen molar-refractivity contribution in [3.63, 3.8) is 0 Å². The van der Waals surface area contributed by atoms with Gasteiger partial charge in [0.25, 0.3) is 0 Å². The highest BCUT2D eigenvalue weighted by Crippen LogP contribution is 2.34. The summed E-state index contributed by atoms with van der Waals surface area (Å²) in [5.74, 6) is 2.21. The number of piperidine rings is 1. The van der Waals surface area contributed by atoms with Crippen molar-refractivity contribution in [2.45, 2.75) is 57.0 Å². The molecule has 94 valence electrons. The predicted octanol–water partition coefficient (Wildman–Crippen LogP) is 2.27. The van der Waals surface area contributed by atoms with Crippen molar-refractivity contribution in [2.75, 3.05) is 0 Å². The minimum atomic E-state index is 0.728. The summed E-state index contributed by atoms with van der Waals surface area (Å²) in [6.07, 6.45) is 13.4. The zero-order chi connectivity index (χ0) is 11.7. The highest BCUT2D eigenvalue weighted by atomic mass is 15.0. The van der Waals surface area contributed by atoms with Gasteiger partial charge in [-0.1, -0.05) is 6.42 Å². The van der Waals surface area contributed by atoms with Gasteiger partial charge in [-0.2, -0.15) is 0 Å². The van der Waals surface area contributed by atoms with E-state index in [-0.39, 0.29) is 0 Å². The lowest BCUT2D eigenvalue weighted by molar-refractivity contribution is 0.249. The molecule has 2 fully saturated rings. The SMILES string of the molecule is Cn1ccnc1CCC1CCC2CCCC2N1. The molecule has 3 atom stereocenters. The zero-order valence-corrected chi connectivity index (χ0v) is 10.7. The van der Waals surface area contributed by atoms with Crippen LogP contribution in [0.5, 0.6) is 0 Å². The summed E-state index contributed by atoms with van der Waals surface area (Å²) in [6.45, 7) is 0. The third kappa shape index (κ3) is 2.39. The molecule has 2 aliphatic rings. The number of nitrogens with one attached hydrogen (secondary N) is 1. The summed E-state index contributed by atoms with van der Waals surface area (Å²) in [5.41, 5.74) is 0. The Morgan fingerprint density at radius 3 is 3.12 bits per heavy atom. The van der Waals surface area contributed by atoms with Crippen LogP contribution in [0.25, 0.3) is 0 Å². The van der Waals surface area contributed by atoms with Gasteiger partial charge >= 0.3 is 0 Å². The third-order valence-electron chi connectivity index (χ3n) is 4.63. The van der Waals surface area contributed by atoms with Crippen molar-refractivity contribution in [2.24, 2.45) is 13.0 Å². The van der Waals surface area contributed by atoms with Crippen molar-refractivity contribution in [3.8, 4) is 0 Å². The van der Waals surface area contributed by atoms with E-state index in [0.29, 0.717) is 0 Å². The molecule has 3 nitrogen and oxygen atoms in total. The molecule has 3 heteroatoms. The summed E-state index contributed by atoms with van der Waals surface area (Å²) < 4.78 is 2.14.